The number of hydrogen-bond donors (Lipinski definition) is 3. The van der Waals surface area contributed by atoms with Crippen molar-refractivity contribution in [2.45, 2.75) is 38.3 Å². The number of hydrogen-bond acceptors (Lipinski definition) is 6. The number of rotatable bonds is 9. The number of nitrogens with one attached hydrogen (secondary N) is 3. The predicted molar refractivity (Wildman–Crippen MR) is 136 cm³/mol. The summed E-state index contributed by atoms with van der Waals surface area (Å²) in [4.78, 5) is 39.3. The first kappa shape index (κ1) is 26.7. The lowest BCUT2D eigenvalue weighted by molar-refractivity contribution is -0.128. The summed E-state index contributed by atoms with van der Waals surface area (Å²) in [5.74, 6) is 1.30. The molecular formula is C26H34N4O6. The summed E-state index contributed by atoms with van der Waals surface area (Å²) < 4.78 is 15.9. The maximum atomic E-state index is 13.1. The first-order valence-corrected chi connectivity index (χ1v) is 11.8. The van der Waals surface area contributed by atoms with Gasteiger partial charge in [0.25, 0.3) is 0 Å². The fourth-order valence-electron chi connectivity index (χ4n) is 4.13. The molecule has 1 fully saturated rings. The van der Waals surface area contributed by atoms with E-state index in [1.54, 1.807) is 50.5 Å². The monoisotopic (exact) mass is 498 g/mol. The van der Waals surface area contributed by atoms with Crippen molar-refractivity contribution in [3.05, 3.63) is 48.0 Å². The third-order valence-electron chi connectivity index (χ3n) is 6.06. The van der Waals surface area contributed by atoms with Gasteiger partial charge >= 0.3 is 6.03 Å². The second-order valence-electron chi connectivity index (χ2n) is 8.57. The van der Waals surface area contributed by atoms with Crippen molar-refractivity contribution in [3.8, 4) is 17.2 Å². The number of methoxy groups -OCH3 is 3. The number of piperidine rings is 1. The summed E-state index contributed by atoms with van der Waals surface area (Å²) in [6.45, 7) is 2.38. The number of anilines is 1. The van der Waals surface area contributed by atoms with Crippen LogP contribution in [0.2, 0.25) is 0 Å². The van der Waals surface area contributed by atoms with Gasteiger partial charge in [0.2, 0.25) is 11.8 Å². The van der Waals surface area contributed by atoms with Crippen LogP contribution in [0.3, 0.4) is 0 Å². The fourth-order valence-corrected chi connectivity index (χ4v) is 4.13. The lowest BCUT2D eigenvalue weighted by Gasteiger charge is -2.33. The van der Waals surface area contributed by atoms with E-state index >= 15 is 0 Å². The van der Waals surface area contributed by atoms with Crippen molar-refractivity contribution in [1.82, 2.24) is 15.5 Å². The average Bonchev–Trinajstić information content (AvgIpc) is 2.88. The Labute approximate surface area is 211 Å². The molecule has 10 heteroatoms. The molecule has 0 spiro atoms. The van der Waals surface area contributed by atoms with E-state index in [9.17, 15) is 14.4 Å². The molecule has 0 bridgehead atoms. The van der Waals surface area contributed by atoms with E-state index in [0.717, 1.165) is 5.56 Å². The van der Waals surface area contributed by atoms with Crippen LogP contribution in [0.15, 0.2) is 42.5 Å². The molecule has 36 heavy (non-hydrogen) atoms. The Bertz CT molecular complexity index is 1070. The molecule has 0 aliphatic carbocycles. The van der Waals surface area contributed by atoms with Gasteiger partial charge in [0, 0.05) is 50.3 Å². The van der Waals surface area contributed by atoms with Crippen LogP contribution in [0.25, 0.3) is 0 Å². The minimum absolute atomic E-state index is 0.104. The zero-order valence-electron chi connectivity index (χ0n) is 21.1. The summed E-state index contributed by atoms with van der Waals surface area (Å²) in [6, 6.07) is 11.4. The quantitative estimate of drug-likeness (QED) is 0.489. The van der Waals surface area contributed by atoms with Crippen molar-refractivity contribution in [1.29, 1.82) is 0 Å². The third-order valence-corrected chi connectivity index (χ3v) is 6.06. The lowest BCUT2D eigenvalue weighted by atomic mass is 10.0. The van der Waals surface area contributed by atoms with Gasteiger partial charge in [0.05, 0.1) is 21.3 Å². The highest BCUT2D eigenvalue weighted by Gasteiger charge is 2.28. The van der Waals surface area contributed by atoms with Gasteiger partial charge in [-0.05, 0) is 36.6 Å². The molecule has 3 rings (SSSR count). The largest absolute Gasteiger partial charge is 0.497 e. The highest BCUT2D eigenvalue weighted by Crippen LogP contribution is 2.26. The molecule has 194 valence electrons. The summed E-state index contributed by atoms with van der Waals surface area (Å²) in [7, 11) is 4.68. The summed E-state index contributed by atoms with van der Waals surface area (Å²) in [5.41, 5.74) is 1.43. The lowest BCUT2D eigenvalue weighted by Crippen LogP contribution is -2.53. The van der Waals surface area contributed by atoms with Crippen molar-refractivity contribution < 1.29 is 28.6 Å². The van der Waals surface area contributed by atoms with Gasteiger partial charge in [0.15, 0.2) is 0 Å². The Hall–Kier alpha value is -3.95. The van der Waals surface area contributed by atoms with Crippen molar-refractivity contribution in [2.24, 2.45) is 0 Å². The topological polar surface area (TPSA) is 118 Å². The van der Waals surface area contributed by atoms with Crippen molar-refractivity contribution >= 4 is 23.5 Å². The minimum Gasteiger partial charge on any atom is -0.497 e. The van der Waals surface area contributed by atoms with Gasteiger partial charge in [-0.1, -0.05) is 12.1 Å². The first-order valence-electron chi connectivity index (χ1n) is 11.8. The zero-order valence-corrected chi connectivity index (χ0v) is 21.1. The molecule has 1 aliphatic rings. The number of nitrogens with zero attached hydrogens (tertiary/aromatic N) is 1. The smallest absolute Gasteiger partial charge is 0.321 e. The molecule has 2 aromatic rings. The van der Waals surface area contributed by atoms with E-state index in [2.05, 4.69) is 16.0 Å². The Morgan fingerprint density at radius 2 is 1.67 bits per heavy atom. The molecule has 2 aromatic carbocycles. The number of likely N-dealkylation sites (tertiary alicyclic amines) is 1. The van der Waals surface area contributed by atoms with Gasteiger partial charge in [0.1, 0.15) is 23.3 Å². The number of carbonyl (C=O) groups is 3. The molecule has 1 heterocycles. The Kier molecular flexibility index (Phi) is 9.38. The molecule has 0 aromatic heterocycles. The molecule has 0 radical (unpaired) electrons. The maximum absolute atomic E-state index is 13.1. The van der Waals surface area contributed by atoms with Crippen LogP contribution in [0.5, 0.6) is 17.2 Å². The van der Waals surface area contributed by atoms with E-state index in [0.29, 0.717) is 48.9 Å². The van der Waals surface area contributed by atoms with Crippen molar-refractivity contribution in [3.63, 3.8) is 0 Å². The van der Waals surface area contributed by atoms with Gasteiger partial charge in [-0.2, -0.15) is 0 Å². The number of ether oxygens (including phenoxy) is 3. The SMILES string of the molecule is COc1cccc(NC(=O)N2CCC(NC(=O)C(Cc3ccc(OC)cc3OC)NC(C)=O)CC2)c1. The van der Waals surface area contributed by atoms with Gasteiger partial charge in [-0.25, -0.2) is 4.79 Å². The van der Waals surface area contributed by atoms with Crippen LogP contribution in [-0.4, -0.2) is 69.2 Å². The molecule has 0 saturated carbocycles. The van der Waals surface area contributed by atoms with E-state index in [1.807, 2.05) is 18.2 Å². The van der Waals surface area contributed by atoms with Crippen molar-refractivity contribution in [2.75, 3.05) is 39.7 Å². The molecule has 1 atom stereocenters. The third kappa shape index (κ3) is 7.27. The molecule has 10 nitrogen and oxygen atoms in total. The highest BCUT2D eigenvalue weighted by molar-refractivity contribution is 5.90. The van der Waals surface area contributed by atoms with Crippen LogP contribution in [0, 0.1) is 0 Å². The van der Waals surface area contributed by atoms with Crippen LogP contribution >= 0.6 is 0 Å². The highest BCUT2D eigenvalue weighted by atomic mass is 16.5. The predicted octanol–water partition coefficient (Wildman–Crippen LogP) is 2.57. The molecule has 1 aliphatic heterocycles. The average molecular weight is 499 g/mol. The maximum Gasteiger partial charge on any atom is 0.321 e. The van der Waals surface area contributed by atoms with Crippen LogP contribution in [-0.2, 0) is 16.0 Å². The van der Waals surface area contributed by atoms with E-state index in [1.165, 1.54) is 6.92 Å². The summed E-state index contributed by atoms with van der Waals surface area (Å²) in [6.07, 6.45) is 1.48. The normalized spacial score (nSPS) is 14.4. The van der Waals surface area contributed by atoms with E-state index < -0.39 is 6.04 Å². The molecular weight excluding hydrogens is 464 g/mol. The van der Waals surface area contributed by atoms with Crippen LogP contribution in [0.1, 0.15) is 25.3 Å². The van der Waals surface area contributed by atoms with Gasteiger partial charge in [-0.15, -0.1) is 0 Å². The molecule has 4 amide bonds. The molecule has 1 saturated heterocycles. The second-order valence-corrected chi connectivity index (χ2v) is 8.57. The summed E-state index contributed by atoms with van der Waals surface area (Å²) in [5, 5.41) is 8.65. The minimum atomic E-state index is -0.765. The standard InChI is InChI=1S/C26H34N4O6/c1-17(31)27-23(14-18-8-9-22(35-3)16-24(18)36-4)25(32)28-19-10-12-30(13-11-19)26(33)29-20-6-5-7-21(15-20)34-2/h5-9,15-16,19,23H,10-14H2,1-4H3,(H,27,31)(H,28,32)(H,29,33). The number of amides is 4. The van der Waals surface area contributed by atoms with E-state index in [-0.39, 0.29) is 30.3 Å². The Morgan fingerprint density at radius 1 is 0.972 bits per heavy atom. The number of carbonyl (C=O) groups excluding carboxylic acids is 3. The Morgan fingerprint density at radius 3 is 2.31 bits per heavy atom. The number of benzene rings is 2. The van der Waals surface area contributed by atoms with Crippen LogP contribution < -0.4 is 30.2 Å². The number of urea groups is 1. The van der Waals surface area contributed by atoms with E-state index in [4.69, 9.17) is 14.2 Å². The van der Waals surface area contributed by atoms with Gasteiger partial charge < -0.3 is 35.1 Å². The molecule has 3 N–H and O–H groups in total. The summed E-state index contributed by atoms with van der Waals surface area (Å²) >= 11 is 0. The molecule has 1 unspecified atom stereocenters. The second kappa shape index (κ2) is 12.7. The van der Waals surface area contributed by atoms with Gasteiger partial charge in [-0.3, -0.25) is 9.59 Å². The van der Waals surface area contributed by atoms with Crippen LogP contribution in [0.4, 0.5) is 10.5 Å². The fraction of sp³-hybridized carbons (Fsp3) is 0.423. The first-order chi connectivity index (χ1) is 17.3. The Balaban J connectivity index is 1.56. The zero-order chi connectivity index (χ0) is 26.1.